The molecule has 0 aliphatic heterocycles. The molecule has 1 rings (SSSR count). The Bertz CT molecular complexity index is 337. The highest BCUT2D eigenvalue weighted by Crippen LogP contribution is 2.23. The molecule has 0 atom stereocenters. The van der Waals surface area contributed by atoms with E-state index in [-0.39, 0.29) is 21.9 Å². The van der Waals surface area contributed by atoms with Crippen molar-refractivity contribution in [3.05, 3.63) is 15.9 Å². The van der Waals surface area contributed by atoms with E-state index in [9.17, 15) is 4.79 Å². The largest absolute Gasteiger partial charge is 0.446 e. The van der Waals surface area contributed by atoms with E-state index in [1.165, 1.54) is 4.68 Å². The summed E-state index contributed by atoms with van der Waals surface area (Å²) < 4.78 is 5.78. The summed E-state index contributed by atoms with van der Waals surface area (Å²) in [5.41, 5.74) is 0.0338. The molecule has 13 heavy (non-hydrogen) atoms. The minimum absolute atomic E-state index is 0.00242. The van der Waals surface area contributed by atoms with Crippen LogP contribution in [0, 0.1) is 0 Å². The van der Waals surface area contributed by atoms with Crippen LogP contribution in [-0.4, -0.2) is 21.8 Å². The number of aromatic nitrogens is 2. The van der Waals surface area contributed by atoms with Gasteiger partial charge in [0.15, 0.2) is 11.2 Å². The van der Waals surface area contributed by atoms with Crippen molar-refractivity contribution in [2.24, 2.45) is 7.05 Å². The second kappa shape index (κ2) is 4.17. The maximum absolute atomic E-state index is 11.2. The predicted octanol–water partition coefficient (Wildman–Crippen LogP) is 2.08. The summed E-state index contributed by atoms with van der Waals surface area (Å²) in [4.78, 5) is 11.2. The molecule has 0 unspecified atom stereocenters. The molecule has 1 aromatic heterocycles. The molecule has 0 saturated carbocycles. The molecule has 0 saturated heterocycles. The summed E-state index contributed by atoms with van der Waals surface area (Å²) in [6, 6.07) is -0.250. The molecule has 4 nitrogen and oxygen atoms in total. The standard InChI is InChI=1S/C6H5Cl3N2O2/c1-11-5(9)3(4(8)10-11)6(12)13-2-7/h2H2,1H3. The number of carbonyl (C=O) groups is 1. The normalized spacial score (nSPS) is 10.2. The minimum atomic E-state index is -0.682. The molecular weight excluding hydrogens is 238 g/mol. The lowest BCUT2D eigenvalue weighted by atomic mass is 10.4. The lowest BCUT2D eigenvalue weighted by Gasteiger charge is -1.98. The second-order valence-corrected chi connectivity index (χ2v) is 3.06. The zero-order valence-corrected chi connectivity index (χ0v) is 8.82. The molecule has 7 heteroatoms. The van der Waals surface area contributed by atoms with Crippen molar-refractivity contribution in [1.82, 2.24) is 9.78 Å². The number of esters is 1. The van der Waals surface area contributed by atoms with Gasteiger partial charge in [-0.2, -0.15) is 5.10 Å². The highest BCUT2D eigenvalue weighted by molar-refractivity contribution is 6.38. The maximum Gasteiger partial charge on any atom is 0.345 e. The number of ether oxygens (including phenoxy) is 1. The van der Waals surface area contributed by atoms with Gasteiger partial charge in [0.2, 0.25) is 0 Å². The molecule has 0 N–H and O–H groups in total. The molecule has 0 fully saturated rings. The summed E-state index contributed by atoms with van der Waals surface area (Å²) in [6.07, 6.45) is 0. The SMILES string of the molecule is Cn1nc(Cl)c(C(=O)OCCl)c1Cl. The van der Waals surface area contributed by atoms with Crippen LogP contribution in [-0.2, 0) is 11.8 Å². The monoisotopic (exact) mass is 242 g/mol. The molecule has 0 aliphatic carbocycles. The Morgan fingerprint density at radius 2 is 2.23 bits per heavy atom. The lowest BCUT2D eigenvalue weighted by Crippen LogP contribution is -2.04. The van der Waals surface area contributed by atoms with Gasteiger partial charge in [0.1, 0.15) is 10.7 Å². The number of alkyl halides is 1. The quantitative estimate of drug-likeness (QED) is 0.590. The van der Waals surface area contributed by atoms with Gasteiger partial charge in [-0.25, -0.2) is 4.79 Å². The van der Waals surface area contributed by atoms with Crippen molar-refractivity contribution >= 4 is 40.8 Å². The Labute approximate surface area is 89.3 Å². The first kappa shape index (κ1) is 10.6. The van der Waals surface area contributed by atoms with Crippen LogP contribution < -0.4 is 0 Å². The molecule has 0 amide bonds. The van der Waals surface area contributed by atoms with E-state index >= 15 is 0 Å². The van der Waals surface area contributed by atoms with Crippen LogP contribution >= 0.6 is 34.8 Å². The molecular formula is C6H5Cl3N2O2. The molecule has 0 aliphatic rings. The summed E-state index contributed by atoms with van der Waals surface area (Å²) >= 11 is 16.5. The highest BCUT2D eigenvalue weighted by Gasteiger charge is 2.21. The summed E-state index contributed by atoms with van der Waals surface area (Å²) in [6.45, 7) is 0. The fraction of sp³-hybridized carbons (Fsp3) is 0.333. The van der Waals surface area contributed by atoms with Crippen LogP contribution in [0.2, 0.25) is 10.3 Å². The van der Waals surface area contributed by atoms with Gasteiger partial charge >= 0.3 is 5.97 Å². The molecule has 0 spiro atoms. The van der Waals surface area contributed by atoms with E-state index in [0.717, 1.165) is 0 Å². The van der Waals surface area contributed by atoms with Crippen LogP contribution in [0.4, 0.5) is 0 Å². The highest BCUT2D eigenvalue weighted by atomic mass is 35.5. The smallest absolute Gasteiger partial charge is 0.345 e. The van der Waals surface area contributed by atoms with Gasteiger partial charge in [0, 0.05) is 7.05 Å². The first-order valence-electron chi connectivity index (χ1n) is 3.19. The van der Waals surface area contributed by atoms with Crippen LogP contribution in [0.25, 0.3) is 0 Å². The van der Waals surface area contributed by atoms with E-state index in [2.05, 4.69) is 9.84 Å². The van der Waals surface area contributed by atoms with E-state index in [1.807, 2.05) is 0 Å². The Kier molecular flexibility index (Phi) is 3.41. The average molecular weight is 243 g/mol. The first-order valence-corrected chi connectivity index (χ1v) is 4.48. The van der Waals surface area contributed by atoms with Gasteiger partial charge < -0.3 is 4.74 Å². The van der Waals surface area contributed by atoms with Gasteiger partial charge in [-0.3, -0.25) is 4.68 Å². The van der Waals surface area contributed by atoms with E-state index in [0.29, 0.717) is 0 Å². The second-order valence-electron chi connectivity index (χ2n) is 2.12. The van der Waals surface area contributed by atoms with Crippen LogP contribution in [0.15, 0.2) is 0 Å². The Morgan fingerprint density at radius 3 is 2.62 bits per heavy atom. The maximum atomic E-state index is 11.2. The van der Waals surface area contributed by atoms with Crippen LogP contribution in [0.1, 0.15) is 10.4 Å². The molecule has 72 valence electrons. The van der Waals surface area contributed by atoms with E-state index < -0.39 is 5.97 Å². The molecule has 1 heterocycles. The molecule has 0 aromatic carbocycles. The number of aryl methyl sites for hydroxylation is 1. The predicted molar refractivity (Wildman–Crippen MR) is 49.4 cm³/mol. The van der Waals surface area contributed by atoms with Gasteiger partial charge in [-0.1, -0.05) is 34.8 Å². The molecule has 1 aromatic rings. The van der Waals surface area contributed by atoms with Gasteiger partial charge in [0.05, 0.1) is 0 Å². The minimum Gasteiger partial charge on any atom is -0.446 e. The zero-order chi connectivity index (χ0) is 10.0. The Morgan fingerprint density at radius 1 is 1.62 bits per heavy atom. The van der Waals surface area contributed by atoms with Crippen molar-refractivity contribution in [2.45, 2.75) is 0 Å². The zero-order valence-electron chi connectivity index (χ0n) is 6.55. The summed E-state index contributed by atoms with van der Waals surface area (Å²) in [5.74, 6) is -0.682. The van der Waals surface area contributed by atoms with Crippen molar-refractivity contribution in [2.75, 3.05) is 6.07 Å². The Balaban J connectivity index is 3.06. The van der Waals surface area contributed by atoms with Gasteiger partial charge in [-0.05, 0) is 0 Å². The number of rotatable bonds is 2. The first-order chi connectivity index (χ1) is 6.07. The third-order valence-electron chi connectivity index (χ3n) is 1.32. The number of halogens is 3. The van der Waals surface area contributed by atoms with E-state index in [1.54, 1.807) is 7.05 Å². The van der Waals surface area contributed by atoms with Crippen LogP contribution in [0.3, 0.4) is 0 Å². The third kappa shape index (κ3) is 2.07. The number of nitrogens with zero attached hydrogens (tertiary/aromatic N) is 2. The lowest BCUT2D eigenvalue weighted by molar-refractivity contribution is 0.0574. The Hall–Kier alpha value is -0.450. The summed E-state index contributed by atoms with van der Waals surface area (Å²) in [5, 5.41) is 3.85. The number of carbonyl (C=O) groups excluding carboxylic acids is 1. The number of hydrogen-bond acceptors (Lipinski definition) is 3. The van der Waals surface area contributed by atoms with Crippen molar-refractivity contribution < 1.29 is 9.53 Å². The van der Waals surface area contributed by atoms with Crippen molar-refractivity contribution in [3.8, 4) is 0 Å². The topological polar surface area (TPSA) is 44.1 Å². The average Bonchev–Trinajstić information content (AvgIpc) is 2.27. The van der Waals surface area contributed by atoms with Gasteiger partial charge in [-0.15, -0.1) is 0 Å². The fourth-order valence-electron chi connectivity index (χ4n) is 0.763. The number of hydrogen-bond donors (Lipinski definition) is 0. The molecule has 0 bridgehead atoms. The fourth-order valence-corrected chi connectivity index (χ4v) is 1.39. The van der Waals surface area contributed by atoms with Crippen LogP contribution in [0.5, 0.6) is 0 Å². The molecule has 0 radical (unpaired) electrons. The third-order valence-corrected chi connectivity index (χ3v) is 2.13. The van der Waals surface area contributed by atoms with Crippen molar-refractivity contribution in [3.63, 3.8) is 0 Å². The summed E-state index contributed by atoms with van der Waals surface area (Å²) in [7, 11) is 1.56. The van der Waals surface area contributed by atoms with Gasteiger partial charge in [0.25, 0.3) is 0 Å². The van der Waals surface area contributed by atoms with E-state index in [4.69, 9.17) is 34.8 Å². The van der Waals surface area contributed by atoms with Crippen molar-refractivity contribution in [1.29, 1.82) is 0 Å².